The van der Waals surface area contributed by atoms with Crippen molar-refractivity contribution in [2.75, 3.05) is 13.2 Å². The summed E-state index contributed by atoms with van der Waals surface area (Å²) in [6.45, 7) is -1.11. The van der Waals surface area contributed by atoms with E-state index in [4.69, 9.17) is 11.6 Å². The number of alkyl halides is 3. The van der Waals surface area contributed by atoms with E-state index in [1.807, 2.05) is 0 Å². The maximum atomic E-state index is 11.7. The molecule has 1 aromatic heterocycles. The van der Waals surface area contributed by atoms with Crippen molar-refractivity contribution in [1.29, 1.82) is 0 Å². The molecule has 0 aliphatic rings. The number of hydrogen-bond donors (Lipinski definition) is 0. The fourth-order valence-corrected chi connectivity index (χ4v) is 1.23. The lowest BCUT2D eigenvalue weighted by atomic mass is 10.4. The van der Waals surface area contributed by atoms with E-state index in [9.17, 15) is 18.0 Å². The van der Waals surface area contributed by atoms with Crippen molar-refractivity contribution in [2.45, 2.75) is 19.1 Å². The summed E-state index contributed by atoms with van der Waals surface area (Å²) < 4.78 is 40.8. The van der Waals surface area contributed by atoms with E-state index < -0.39 is 12.8 Å². The molecule has 1 aromatic rings. The Bertz CT molecular complexity index is 419. The van der Waals surface area contributed by atoms with Gasteiger partial charge in [-0.3, -0.25) is 9.36 Å². The molecule has 96 valence electrons. The minimum absolute atomic E-state index is 0.0748. The van der Waals surface area contributed by atoms with E-state index in [1.54, 1.807) is 0 Å². The molecule has 8 heteroatoms. The number of rotatable bonds is 5. The Morgan fingerprint density at radius 1 is 1.47 bits per heavy atom. The summed E-state index contributed by atoms with van der Waals surface area (Å²) in [7, 11) is 0. The Morgan fingerprint density at radius 2 is 2.18 bits per heavy atom. The second kappa shape index (κ2) is 6.02. The van der Waals surface area contributed by atoms with Crippen LogP contribution >= 0.6 is 11.6 Å². The maximum Gasteiger partial charge on any atom is 0.411 e. The van der Waals surface area contributed by atoms with Crippen molar-refractivity contribution in [3.63, 3.8) is 0 Å². The fraction of sp³-hybridized carbons (Fsp3) is 0.556. The van der Waals surface area contributed by atoms with Crippen LogP contribution in [0.1, 0.15) is 6.42 Å². The van der Waals surface area contributed by atoms with Crippen LogP contribution in [-0.2, 0) is 11.3 Å². The second-order valence-electron chi connectivity index (χ2n) is 3.26. The molecule has 0 radical (unpaired) electrons. The van der Waals surface area contributed by atoms with Crippen LogP contribution in [0.25, 0.3) is 0 Å². The van der Waals surface area contributed by atoms with Crippen LogP contribution in [0.4, 0.5) is 13.2 Å². The minimum atomic E-state index is -4.32. The van der Waals surface area contributed by atoms with Crippen molar-refractivity contribution >= 4 is 11.6 Å². The highest BCUT2D eigenvalue weighted by Crippen LogP contribution is 2.14. The van der Waals surface area contributed by atoms with Crippen LogP contribution in [0.15, 0.2) is 17.2 Å². The van der Waals surface area contributed by atoms with E-state index in [1.165, 1.54) is 10.9 Å². The largest absolute Gasteiger partial charge is 0.411 e. The molecule has 1 heterocycles. The first-order chi connectivity index (χ1) is 7.88. The van der Waals surface area contributed by atoms with Gasteiger partial charge in [-0.25, -0.2) is 4.98 Å². The highest BCUT2D eigenvalue weighted by Gasteiger charge is 2.27. The number of aromatic nitrogens is 2. The first-order valence-electron chi connectivity index (χ1n) is 4.75. The average Bonchev–Trinajstić information content (AvgIpc) is 2.18. The Hall–Kier alpha value is -1.08. The third kappa shape index (κ3) is 5.69. The van der Waals surface area contributed by atoms with Crippen LogP contribution < -0.4 is 5.56 Å². The summed E-state index contributed by atoms with van der Waals surface area (Å²) in [5, 5.41) is 0.0829. The summed E-state index contributed by atoms with van der Waals surface area (Å²) in [4.78, 5) is 15.0. The topological polar surface area (TPSA) is 44.1 Å². The summed E-state index contributed by atoms with van der Waals surface area (Å²) in [6.07, 6.45) is -2.79. The van der Waals surface area contributed by atoms with Gasteiger partial charge in [0.1, 0.15) is 11.8 Å². The normalized spacial score (nSPS) is 11.8. The van der Waals surface area contributed by atoms with Gasteiger partial charge in [-0.15, -0.1) is 0 Å². The van der Waals surface area contributed by atoms with E-state index in [0.29, 0.717) is 6.42 Å². The predicted molar refractivity (Wildman–Crippen MR) is 55.0 cm³/mol. The molecule has 1 rings (SSSR count). The zero-order chi connectivity index (χ0) is 12.9. The van der Waals surface area contributed by atoms with E-state index in [0.717, 1.165) is 6.07 Å². The van der Waals surface area contributed by atoms with Gasteiger partial charge in [-0.2, -0.15) is 13.2 Å². The first-order valence-corrected chi connectivity index (χ1v) is 5.13. The summed E-state index contributed by atoms with van der Waals surface area (Å²) >= 11 is 5.48. The van der Waals surface area contributed by atoms with Gasteiger partial charge in [0, 0.05) is 19.2 Å². The number of halogens is 4. The smallest absolute Gasteiger partial charge is 0.372 e. The molecule has 0 aliphatic carbocycles. The van der Waals surface area contributed by atoms with Gasteiger partial charge >= 0.3 is 6.18 Å². The standard InChI is InChI=1S/C9H10ClF3N2O2/c10-7-4-8(16)15(6-14-7)2-1-3-17-5-9(11,12)13/h4,6H,1-3,5H2. The van der Waals surface area contributed by atoms with Gasteiger partial charge in [0.25, 0.3) is 5.56 Å². The summed E-state index contributed by atoms with van der Waals surface area (Å²) in [5.74, 6) is 0. The van der Waals surface area contributed by atoms with E-state index in [-0.39, 0.29) is 23.9 Å². The Labute approximate surface area is 100.0 Å². The van der Waals surface area contributed by atoms with Gasteiger partial charge in [-0.1, -0.05) is 11.6 Å². The molecule has 0 N–H and O–H groups in total. The zero-order valence-corrected chi connectivity index (χ0v) is 9.46. The third-order valence-corrected chi connectivity index (χ3v) is 2.01. The van der Waals surface area contributed by atoms with Crippen molar-refractivity contribution in [1.82, 2.24) is 9.55 Å². The average molecular weight is 271 g/mol. The van der Waals surface area contributed by atoms with Crippen molar-refractivity contribution in [3.05, 3.63) is 27.9 Å². The number of aryl methyl sites for hydroxylation is 1. The third-order valence-electron chi connectivity index (χ3n) is 1.80. The zero-order valence-electron chi connectivity index (χ0n) is 8.71. The van der Waals surface area contributed by atoms with Gasteiger partial charge in [0.15, 0.2) is 0 Å². The molecule has 0 saturated heterocycles. The van der Waals surface area contributed by atoms with Gasteiger partial charge in [-0.05, 0) is 6.42 Å². The van der Waals surface area contributed by atoms with Crippen LogP contribution in [0.2, 0.25) is 5.15 Å². The first kappa shape index (κ1) is 14.0. The van der Waals surface area contributed by atoms with Crippen molar-refractivity contribution in [3.8, 4) is 0 Å². The number of hydrogen-bond acceptors (Lipinski definition) is 3. The molecule has 0 saturated carbocycles. The molecule has 0 bridgehead atoms. The Morgan fingerprint density at radius 3 is 2.76 bits per heavy atom. The molecule has 0 aromatic carbocycles. The molecule has 0 spiro atoms. The predicted octanol–water partition coefficient (Wildman–Crippen LogP) is 1.87. The van der Waals surface area contributed by atoms with Crippen LogP contribution in [0.3, 0.4) is 0 Å². The molecule has 0 fully saturated rings. The quantitative estimate of drug-likeness (QED) is 0.606. The van der Waals surface area contributed by atoms with Crippen LogP contribution in [0, 0.1) is 0 Å². The molecular formula is C9H10ClF3N2O2. The second-order valence-corrected chi connectivity index (χ2v) is 3.65. The highest BCUT2D eigenvalue weighted by atomic mass is 35.5. The molecule has 4 nitrogen and oxygen atoms in total. The van der Waals surface area contributed by atoms with Gasteiger partial charge < -0.3 is 4.74 Å². The molecule has 17 heavy (non-hydrogen) atoms. The SMILES string of the molecule is O=c1cc(Cl)ncn1CCCOCC(F)(F)F. The maximum absolute atomic E-state index is 11.7. The Kier molecular flexibility index (Phi) is 4.95. The highest BCUT2D eigenvalue weighted by molar-refractivity contribution is 6.29. The van der Waals surface area contributed by atoms with E-state index >= 15 is 0 Å². The summed E-state index contributed by atoms with van der Waals surface area (Å²) in [6, 6.07) is 1.14. The van der Waals surface area contributed by atoms with Crippen LogP contribution in [0.5, 0.6) is 0 Å². The lowest BCUT2D eigenvalue weighted by Gasteiger charge is -2.08. The fourth-order valence-electron chi connectivity index (χ4n) is 1.10. The van der Waals surface area contributed by atoms with E-state index in [2.05, 4.69) is 9.72 Å². The number of nitrogens with zero attached hydrogens (tertiary/aromatic N) is 2. The van der Waals surface area contributed by atoms with Gasteiger partial charge in [0.2, 0.25) is 0 Å². The van der Waals surface area contributed by atoms with Gasteiger partial charge in [0.05, 0.1) is 6.33 Å². The molecule has 0 atom stereocenters. The Balaban J connectivity index is 2.29. The van der Waals surface area contributed by atoms with Crippen LogP contribution in [-0.4, -0.2) is 28.9 Å². The molecule has 0 unspecified atom stereocenters. The molecular weight excluding hydrogens is 261 g/mol. The summed E-state index contributed by atoms with van der Waals surface area (Å²) in [5.41, 5.74) is -0.346. The van der Waals surface area contributed by atoms with Crippen molar-refractivity contribution < 1.29 is 17.9 Å². The van der Waals surface area contributed by atoms with Crippen molar-refractivity contribution in [2.24, 2.45) is 0 Å². The molecule has 0 amide bonds. The molecule has 0 aliphatic heterocycles. The monoisotopic (exact) mass is 270 g/mol. The minimum Gasteiger partial charge on any atom is -0.372 e. The lowest BCUT2D eigenvalue weighted by Crippen LogP contribution is -2.21. The lowest BCUT2D eigenvalue weighted by molar-refractivity contribution is -0.174. The number of ether oxygens (including phenoxy) is 1.